The van der Waals surface area contributed by atoms with Crippen molar-refractivity contribution in [3.8, 4) is 0 Å². The molecule has 0 atom stereocenters. The minimum absolute atomic E-state index is 0.285. The number of hydrogen-bond acceptors (Lipinski definition) is 2. The smallest absolute Gasteiger partial charge is 0.223 e. The van der Waals surface area contributed by atoms with Crippen LogP contribution in [0, 0.1) is 5.92 Å². The number of carbonyl (C=O) groups is 1. The molecule has 1 saturated carbocycles. The molecule has 0 heterocycles. The van der Waals surface area contributed by atoms with E-state index in [1.165, 1.54) is 38.5 Å². The Labute approximate surface area is 128 Å². The number of carbonyl (C=O) groups excluding carboxylic acids is 1. The van der Waals surface area contributed by atoms with Crippen LogP contribution in [0.5, 0.6) is 0 Å². The average Bonchev–Trinajstić information content (AvgIpc) is 2.75. The highest BCUT2D eigenvalue weighted by atomic mass is 16.2. The Morgan fingerprint density at radius 1 is 1.19 bits per heavy atom. The normalized spacial score (nSPS) is 16.4. The molecular formula is C18H28N2O. The maximum atomic E-state index is 12.6. The SMILES string of the molecule is CCN(Cc1ccccc1N)C(=O)CC1CCCCCC1. The molecule has 0 aromatic heterocycles. The molecule has 0 saturated heterocycles. The van der Waals surface area contributed by atoms with E-state index in [1.807, 2.05) is 36.1 Å². The molecule has 0 bridgehead atoms. The van der Waals surface area contributed by atoms with Crippen LogP contribution >= 0.6 is 0 Å². The molecule has 0 spiro atoms. The molecule has 0 unspecified atom stereocenters. The van der Waals surface area contributed by atoms with Gasteiger partial charge in [0.25, 0.3) is 0 Å². The maximum Gasteiger partial charge on any atom is 0.223 e. The predicted molar refractivity (Wildman–Crippen MR) is 87.8 cm³/mol. The molecule has 21 heavy (non-hydrogen) atoms. The largest absolute Gasteiger partial charge is 0.398 e. The summed E-state index contributed by atoms with van der Waals surface area (Å²) in [6.45, 7) is 3.43. The van der Waals surface area contributed by atoms with Gasteiger partial charge in [-0.15, -0.1) is 0 Å². The van der Waals surface area contributed by atoms with Crippen molar-refractivity contribution < 1.29 is 4.79 Å². The van der Waals surface area contributed by atoms with E-state index in [0.717, 1.165) is 17.8 Å². The van der Waals surface area contributed by atoms with Gasteiger partial charge in [-0.2, -0.15) is 0 Å². The molecule has 2 rings (SSSR count). The second-order valence-corrected chi connectivity index (χ2v) is 6.17. The van der Waals surface area contributed by atoms with Crippen molar-refractivity contribution in [1.29, 1.82) is 0 Å². The molecule has 1 aliphatic rings. The molecule has 1 aromatic carbocycles. The van der Waals surface area contributed by atoms with Gasteiger partial charge in [-0.3, -0.25) is 4.79 Å². The van der Waals surface area contributed by atoms with Crippen molar-refractivity contribution in [3.05, 3.63) is 29.8 Å². The number of hydrogen-bond donors (Lipinski definition) is 1. The summed E-state index contributed by atoms with van der Waals surface area (Å²) in [5.74, 6) is 0.870. The van der Waals surface area contributed by atoms with Gasteiger partial charge in [0.15, 0.2) is 0 Å². The van der Waals surface area contributed by atoms with Gasteiger partial charge in [-0.25, -0.2) is 0 Å². The van der Waals surface area contributed by atoms with E-state index in [-0.39, 0.29) is 5.91 Å². The Kier molecular flexibility index (Phi) is 6.09. The number of amides is 1. The molecule has 1 aliphatic carbocycles. The third-order valence-electron chi connectivity index (χ3n) is 4.59. The van der Waals surface area contributed by atoms with Crippen molar-refractivity contribution in [2.24, 2.45) is 5.92 Å². The van der Waals surface area contributed by atoms with Crippen molar-refractivity contribution in [2.45, 2.75) is 58.4 Å². The third kappa shape index (κ3) is 4.76. The fourth-order valence-corrected chi connectivity index (χ4v) is 3.20. The molecule has 1 aromatic rings. The summed E-state index contributed by atoms with van der Waals surface area (Å²) in [6, 6.07) is 7.83. The Hall–Kier alpha value is -1.51. The van der Waals surface area contributed by atoms with Gasteiger partial charge in [0.1, 0.15) is 0 Å². The lowest BCUT2D eigenvalue weighted by Crippen LogP contribution is -2.32. The Bertz CT molecular complexity index is 450. The van der Waals surface area contributed by atoms with E-state index in [1.54, 1.807) is 0 Å². The standard InChI is InChI=1S/C18H28N2O/c1-2-20(14-16-11-7-8-12-17(16)19)18(21)13-15-9-5-3-4-6-10-15/h7-8,11-12,15H,2-6,9-10,13-14,19H2,1H3. The monoisotopic (exact) mass is 288 g/mol. The summed E-state index contributed by atoms with van der Waals surface area (Å²) in [5, 5.41) is 0. The Morgan fingerprint density at radius 3 is 2.48 bits per heavy atom. The molecule has 0 radical (unpaired) electrons. The first-order valence-electron chi connectivity index (χ1n) is 8.32. The zero-order valence-electron chi connectivity index (χ0n) is 13.2. The quantitative estimate of drug-likeness (QED) is 0.658. The van der Waals surface area contributed by atoms with Crippen LogP contribution in [0.3, 0.4) is 0 Å². The van der Waals surface area contributed by atoms with Gasteiger partial charge < -0.3 is 10.6 Å². The lowest BCUT2D eigenvalue weighted by atomic mass is 9.96. The van der Waals surface area contributed by atoms with Crippen LogP contribution in [-0.4, -0.2) is 17.4 Å². The summed E-state index contributed by atoms with van der Waals surface area (Å²) >= 11 is 0. The number of nitrogens with zero attached hydrogens (tertiary/aromatic N) is 1. The second kappa shape index (κ2) is 8.06. The number of anilines is 1. The molecule has 2 N–H and O–H groups in total. The number of nitrogen functional groups attached to an aromatic ring is 1. The minimum Gasteiger partial charge on any atom is -0.398 e. The molecule has 116 valence electrons. The maximum absolute atomic E-state index is 12.6. The Balaban J connectivity index is 1.93. The summed E-state index contributed by atoms with van der Waals surface area (Å²) in [5.41, 5.74) is 7.82. The minimum atomic E-state index is 0.285. The van der Waals surface area contributed by atoms with Gasteiger partial charge in [-0.1, -0.05) is 43.9 Å². The van der Waals surface area contributed by atoms with Crippen molar-refractivity contribution in [2.75, 3.05) is 12.3 Å². The predicted octanol–water partition coefficient (Wildman–Crippen LogP) is 3.98. The number of nitrogens with two attached hydrogens (primary N) is 1. The fourth-order valence-electron chi connectivity index (χ4n) is 3.20. The van der Waals surface area contributed by atoms with Gasteiger partial charge in [0.05, 0.1) is 0 Å². The van der Waals surface area contributed by atoms with Gasteiger partial charge in [0.2, 0.25) is 5.91 Å². The van der Waals surface area contributed by atoms with Crippen LogP contribution in [0.1, 0.15) is 57.4 Å². The number of rotatable bonds is 5. The Morgan fingerprint density at radius 2 is 1.86 bits per heavy atom. The lowest BCUT2D eigenvalue weighted by molar-refractivity contribution is -0.132. The van der Waals surface area contributed by atoms with Crippen LogP contribution in [0.15, 0.2) is 24.3 Å². The van der Waals surface area contributed by atoms with E-state index < -0.39 is 0 Å². The molecule has 1 amide bonds. The van der Waals surface area contributed by atoms with Crippen LogP contribution in [0.2, 0.25) is 0 Å². The van der Waals surface area contributed by atoms with E-state index in [2.05, 4.69) is 0 Å². The zero-order valence-corrected chi connectivity index (χ0v) is 13.2. The highest BCUT2D eigenvalue weighted by Crippen LogP contribution is 2.26. The van der Waals surface area contributed by atoms with Crippen molar-refractivity contribution >= 4 is 11.6 Å². The van der Waals surface area contributed by atoms with Crippen LogP contribution in [-0.2, 0) is 11.3 Å². The van der Waals surface area contributed by atoms with Crippen LogP contribution in [0.4, 0.5) is 5.69 Å². The number of benzene rings is 1. The van der Waals surface area contributed by atoms with Gasteiger partial charge >= 0.3 is 0 Å². The first kappa shape index (κ1) is 15.9. The molecule has 0 aliphatic heterocycles. The molecule has 3 heteroatoms. The molecule has 1 fully saturated rings. The van der Waals surface area contributed by atoms with Crippen molar-refractivity contribution in [3.63, 3.8) is 0 Å². The topological polar surface area (TPSA) is 46.3 Å². The fraction of sp³-hybridized carbons (Fsp3) is 0.611. The summed E-state index contributed by atoms with van der Waals surface area (Å²) < 4.78 is 0. The molecule has 3 nitrogen and oxygen atoms in total. The van der Waals surface area contributed by atoms with Crippen LogP contribution in [0.25, 0.3) is 0 Å². The second-order valence-electron chi connectivity index (χ2n) is 6.17. The summed E-state index contributed by atoms with van der Waals surface area (Å²) in [7, 11) is 0. The summed E-state index contributed by atoms with van der Waals surface area (Å²) in [6.07, 6.45) is 8.39. The first-order chi connectivity index (χ1) is 10.2. The highest BCUT2D eigenvalue weighted by Gasteiger charge is 2.20. The van der Waals surface area contributed by atoms with E-state index in [4.69, 9.17) is 5.73 Å². The third-order valence-corrected chi connectivity index (χ3v) is 4.59. The average molecular weight is 288 g/mol. The van der Waals surface area contributed by atoms with E-state index in [0.29, 0.717) is 18.9 Å². The summed E-state index contributed by atoms with van der Waals surface area (Å²) in [4.78, 5) is 14.5. The van der Waals surface area contributed by atoms with Gasteiger partial charge in [0, 0.05) is 25.2 Å². The first-order valence-corrected chi connectivity index (χ1v) is 8.32. The highest BCUT2D eigenvalue weighted by molar-refractivity contribution is 5.76. The van der Waals surface area contributed by atoms with Crippen molar-refractivity contribution in [1.82, 2.24) is 4.90 Å². The number of para-hydroxylation sites is 1. The van der Waals surface area contributed by atoms with E-state index >= 15 is 0 Å². The van der Waals surface area contributed by atoms with Crippen LogP contribution < -0.4 is 5.73 Å². The zero-order chi connectivity index (χ0) is 15.1. The lowest BCUT2D eigenvalue weighted by Gasteiger charge is -2.24. The van der Waals surface area contributed by atoms with Gasteiger partial charge in [-0.05, 0) is 37.3 Å². The van der Waals surface area contributed by atoms with E-state index in [9.17, 15) is 4.79 Å². The molecular weight excluding hydrogens is 260 g/mol.